The van der Waals surface area contributed by atoms with E-state index < -0.39 is 0 Å². The van der Waals surface area contributed by atoms with Gasteiger partial charge in [0.1, 0.15) is 5.82 Å². The Kier molecular flexibility index (Phi) is 3.45. The highest BCUT2D eigenvalue weighted by Crippen LogP contribution is 2.26. The van der Waals surface area contributed by atoms with Crippen LogP contribution in [0.4, 0.5) is 0 Å². The second-order valence-corrected chi connectivity index (χ2v) is 5.59. The third kappa shape index (κ3) is 2.29. The minimum Gasteiger partial charge on any atom is -0.321 e. The van der Waals surface area contributed by atoms with E-state index >= 15 is 0 Å². The first-order valence-corrected chi connectivity index (χ1v) is 7.10. The summed E-state index contributed by atoms with van der Waals surface area (Å²) in [5.74, 6) is 0.890. The monoisotopic (exact) mass is 285 g/mol. The fraction of sp³-hybridized carbons (Fsp3) is 0.250. The summed E-state index contributed by atoms with van der Waals surface area (Å²) in [5.41, 5.74) is 4.30. The number of para-hydroxylation sites is 1. The molecule has 0 bridgehead atoms. The quantitative estimate of drug-likeness (QED) is 0.679. The van der Waals surface area contributed by atoms with Crippen molar-refractivity contribution in [3.05, 3.63) is 59.7 Å². The molecule has 0 aliphatic rings. The van der Waals surface area contributed by atoms with Gasteiger partial charge in [0.05, 0.1) is 28.6 Å². The minimum atomic E-state index is -0.134. The second-order valence-electron chi connectivity index (χ2n) is 4.94. The topological polar surface area (TPSA) is 30.7 Å². The Morgan fingerprint density at radius 3 is 2.75 bits per heavy atom. The highest BCUT2D eigenvalue weighted by molar-refractivity contribution is 6.20. The zero-order valence-electron chi connectivity index (χ0n) is 11.5. The Labute approximate surface area is 123 Å². The van der Waals surface area contributed by atoms with Crippen molar-refractivity contribution in [2.24, 2.45) is 0 Å². The second kappa shape index (κ2) is 5.25. The van der Waals surface area contributed by atoms with Crippen LogP contribution < -0.4 is 0 Å². The molecule has 1 aromatic carbocycles. The molecular formula is C16H16ClN3. The molecule has 1 atom stereocenters. The molecule has 4 heteroatoms. The van der Waals surface area contributed by atoms with Crippen LogP contribution in [0.2, 0.25) is 0 Å². The SMILES string of the molecule is Cc1cccc2c1nc(C(C)Cl)n2Cc1ccccn1. The summed E-state index contributed by atoms with van der Waals surface area (Å²) in [4.78, 5) is 9.10. The van der Waals surface area contributed by atoms with E-state index in [1.807, 2.05) is 31.3 Å². The van der Waals surface area contributed by atoms with E-state index in [0.717, 1.165) is 22.6 Å². The number of benzene rings is 1. The van der Waals surface area contributed by atoms with Crippen LogP contribution in [0.3, 0.4) is 0 Å². The summed E-state index contributed by atoms with van der Waals surface area (Å²) in [7, 11) is 0. The number of pyridine rings is 1. The third-order valence-electron chi connectivity index (χ3n) is 3.41. The molecule has 20 heavy (non-hydrogen) atoms. The largest absolute Gasteiger partial charge is 0.321 e. The maximum absolute atomic E-state index is 6.29. The fourth-order valence-corrected chi connectivity index (χ4v) is 2.60. The molecule has 3 aromatic rings. The number of rotatable bonds is 3. The molecule has 3 nitrogen and oxygen atoms in total. The lowest BCUT2D eigenvalue weighted by Crippen LogP contribution is -2.06. The molecule has 2 heterocycles. The molecule has 0 aliphatic carbocycles. The summed E-state index contributed by atoms with van der Waals surface area (Å²) < 4.78 is 2.16. The number of halogens is 1. The van der Waals surface area contributed by atoms with Crippen molar-refractivity contribution in [3.8, 4) is 0 Å². The number of hydrogen-bond acceptors (Lipinski definition) is 2. The first-order chi connectivity index (χ1) is 9.66. The zero-order chi connectivity index (χ0) is 14.1. The number of fused-ring (bicyclic) bond motifs is 1. The summed E-state index contributed by atoms with van der Waals surface area (Å²) in [6.07, 6.45) is 1.81. The first-order valence-electron chi connectivity index (χ1n) is 6.66. The Morgan fingerprint density at radius 2 is 2.05 bits per heavy atom. The summed E-state index contributed by atoms with van der Waals surface area (Å²) in [6, 6.07) is 12.1. The Balaban J connectivity index is 2.17. The molecule has 0 N–H and O–H groups in total. The Hall–Kier alpha value is -1.87. The van der Waals surface area contributed by atoms with Gasteiger partial charge in [-0.05, 0) is 37.6 Å². The van der Waals surface area contributed by atoms with Crippen LogP contribution in [0, 0.1) is 6.92 Å². The summed E-state index contributed by atoms with van der Waals surface area (Å²) in [5, 5.41) is -0.134. The molecule has 0 spiro atoms. The normalized spacial score (nSPS) is 12.8. The molecule has 0 aliphatic heterocycles. The Bertz CT molecular complexity index is 732. The van der Waals surface area contributed by atoms with Gasteiger partial charge in [-0.2, -0.15) is 0 Å². The van der Waals surface area contributed by atoms with Gasteiger partial charge >= 0.3 is 0 Å². The average Bonchev–Trinajstić information content (AvgIpc) is 2.81. The van der Waals surface area contributed by atoms with Crippen LogP contribution in [-0.4, -0.2) is 14.5 Å². The fourth-order valence-electron chi connectivity index (χ4n) is 2.43. The first kappa shape index (κ1) is 13.1. The van der Waals surface area contributed by atoms with Gasteiger partial charge < -0.3 is 4.57 Å². The zero-order valence-corrected chi connectivity index (χ0v) is 12.3. The van der Waals surface area contributed by atoms with Gasteiger partial charge in [-0.3, -0.25) is 4.98 Å². The van der Waals surface area contributed by atoms with Crippen molar-refractivity contribution in [1.29, 1.82) is 0 Å². The van der Waals surface area contributed by atoms with Crippen molar-refractivity contribution in [2.45, 2.75) is 25.8 Å². The van der Waals surface area contributed by atoms with Crippen molar-refractivity contribution in [3.63, 3.8) is 0 Å². The number of hydrogen-bond donors (Lipinski definition) is 0. The van der Waals surface area contributed by atoms with Crippen LogP contribution in [-0.2, 0) is 6.54 Å². The molecule has 102 valence electrons. The lowest BCUT2D eigenvalue weighted by molar-refractivity contribution is 0.727. The van der Waals surface area contributed by atoms with Gasteiger partial charge in [-0.1, -0.05) is 18.2 Å². The van der Waals surface area contributed by atoms with Crippen LogP contribution in [0.5, 0.6) is 0 Å². The molecule has 0 saturated carbocycles. The van der Waals surface area contributed by atoms with Crippen molar-refractivity contribution in [1.82, 2.24) is 14.5 Å². The van der Waals surface area contributed by atoms with E-state index in [1.165, 1.54) is 5.56 Å². The van der Waals surface area contributed by atoms with Crippen LogP contribution in [0.15, 0.2) is 42.6 Å². The lowest BCUT2D eigenvalue weighted by Gasteiger charge is -2.10. The van der Waals surface area contributed by atoms with E-state index in [2.05, 4.69) is 34.7 Å². The number of aryl methyl sites for hydroxylation is 1. The van der Waals surface area contributed by atoms with E-state index in [1.54, 1.807) is 0 Å². The Morgan fingerprint density at radius 1 is 1.20 bits per heavy atom. The summed E-state index contributed by atoms with van der Waals surface area (Å²) >= 11 is 6.29. The van der Waals surface area contributed by atoms with Crippen molar-refractivity contribution in [2.75, 3.05) is 0 Å². The van der Waals surface area contributed by atoms with Crippen LogP contribution in [0.1, 0.15) is 29.4 Å². The third-order valence-corrected chi connectivity index (χ3v) is 3.61. The molecular weight excluding hydrogens is 270 g/mol. The van der Waals surface area contributed by atoms with Gasteiger partial charge in [0.15, 0.2) is 0 Å². The molecule has 0 saturated heterocycles. The van der Waals surface area contributed by atoms with Crippen LogP contribution >= 0.6 is 11.6 Å². The highest BCUT2D eigenvalue weighted by Gasteiger charge is 2.16. The molecule has 3 rings (SSSR count). The molecule has 1 unspecified atom stereocenters. The van der Waals surface area contributed by atoms with Crippen LogP contribution in [0.25, 0.3) is 11.0 Å². The van der Waals surface area contributed by atoms with Crippen molar-refractivity contribution < 1.29 is 0 Å². The number of imidazole rings is 1. The van der Waals surface area contributed by atoms with Gasteiger partial charge in [0.2, 0.25) is 0 Å². The van der Waals surface area contributed by atoms with E-state index in [9.17, 15) is 0 Å². The van der Waals surface area contributed by atoms with E-state index in [4.69, 9.17) is 16.6 Å². The van der Waals surface area contributed by atoms with Crippen molar-refractivity contribution >= 4 is 22.6 Å². The highest BCUT2D eigenvalue weighted by atomic mass is 35.5. The maximum atomic E-state index is 6.29. The number of nitrogens with zero attached hydrogens (tertiary/aromatic N) is 3. The molecule has 2 aromatic heterocycles. The number of aromatic nitrogens is 3. The van der Waals surface area contributed by atoms with Gasteiger partial charge in [0, 0.05) is 6.20 Å². The van der Waals surface area contributed by atoms with E-state index in [-0.39, 0.29) is 5.38 Å². The maximum Gasteiger partial charge on any atom is 0.128 e. The van der Waals surface area contributed by atoms with Gasteiger partial charge in [0.25, 0.3) is 0 Å². The van der Waals surface area contributed by atoms with E-state index in [0.29, 0.717) is 6.54 Å². The number of alkyl halides is 1. The van der Waals surface area contributed by atoms with Gasteiger partial charge in [-0.15, -0.1) is 11.6 Å². The molecule has 0 amide bonds. The lowest BCUT2D eigenvalue weighted by atomic mass is 10.2. The van der Waals surface area contributed by atoms with Gasteiger partial charge in [-0.25, -0.2) is 4.98 Å². The molecule has 0 radical (unpaired) electrons. The average molecular weight is 286 g/mol. The smallest absolute Gasteiger partial charge is 0.128 e. The predicted octanol–water partition coefficient (Wildman–Crippen LogP) is 4.09. The molecule has 0 fully saturated rings. The predicted molar refractivity (Wildman–Crippen MR) is 82.1 cm³/mol. The minimum absolute atomic E-state index is 0.134. The summed E-state index contributed by atoms with van der Waals surface area (Å²) in [6.45, 7) is 4.71. The standard InChI is InChI=1S/C16H16ClN3/c1-11-6-5-8-14-15(11)19-16(12(2)17)20(14)10-13-7-3-4-9-18-13/h3-9,12H,10H2,1-2H3.